The summed E-state index contributed by atoms with van der Waals surface area (Å²) in [6.07, 6.45) is 0. The van der Waals surface area contributed by atoms with Crippen molar-refractivity contribution in [3.8, 4) is 28.5 Å². The van der Waals surface area contributed by atoms with Gasteiger partial charge in [0.25, 0.3) is 0 Å². The zero-order chi connectivity index (χ0) is 21.3. The molecule has 3 rings (SSSR count). The fraction of sp³-hybridized carbons (Fsp3) is 0.227. The van der Waals surface area contributed by atoms with E-state index in [2.05, 4.69) is 15.5 Å². The van der Waals surface area contributed by atoms with E-state index in [-0.39, 0.29) is 11.7 Å². The van der Waals surface area contributed by atoms with Gasteiger partial charge in [-0.15, -0.1) is 10.2 Å². The van der Waals surface area contributed by atoms with Gasteiger partial charge in [-0.05, 0) is 61.5 Å². The lowest BCUT2D eigenvalue weighted by molar-refractivity contribution is -0.113. The summed E-state index contributed by atoms with van der Waals surface area (Å²) in [5.74, 6) is 2.26. The molecule has 156 valence electrons. The van der Waals surface area contributed by atoms with Gasteiger partial charge in [0, 0.05) is 11.3 Å². The van der Waals surface area contributed by atoms with Gasteiger partial charge < -0.3 is 19.5 Å². The quantitative estimate of drug-likeness (QED) is 0.512. The predicted octanol–water partition coefficient (Wildman–Crippen LogP) is 4.29. The summed E-state index contributed by atoms with van der Waals surface area (Å²) in [5.41, 5.74) is 2.17. The number of carbonyl (C=O) groups excluding carboxylic acids is 1. The number of benzene rings is 2. The molecule has 0 radical (unpaired) electrons. The summed E-state index contributed by atoms with van der Waals surface area (Å²) in [5, 5.41) is 12.0. The van der Waals surface area contributed by atoms with Crippen LogP contribution in [0.25, 0.3) is 11.3 Å². The van der Waals surface area contributed by atoms with Crippen molar-refractivity contribution in [2.75, 3.05) is 31.9 Å². The number of carbonyl (C=O) groups is 1. The Bertz CT molecular complexity index is 979. The van der Waals surface area contributed by atoms with Crippen LogP contribution >= 0.6 is 11.8 Å². The van der Waals surface area contributed by atoms with E-state index >= 15 is 0 Å². The Morgan fingerprint density at radius 3 is 2.37 bits per heavy atom. The highest BCUT2D eigenvalue weighted by atomic mass is 32.2. The minimum absolute atomic E-state index is 0.121. The molecule has 0 fully saturated rings. The number of amides is 1. The summed E-state index contributed by atoms with van der Waals surface area (Å²) in [4.78, 5) is 12.2. The van der Waals surface area contributed by atoms with Gasteiger partial charge in [-0.1, -0.05) is 11.8 Å². The van der Waals surface area contributed by atoms with E-state index < -0.39 is 0 Å². The Morgan fingerprint density at radius 1 is 0.967 bits per heavy atom. The van der Waals surface area contributed by atoms with E-state index in [1.807, 2.05) is 61.5 Å². The molecule has 0 spiro atoms. The summed E-state index contributed by atoms with van der Waals surface area (Å²) < 4.78 is 16.1. The number of rotatable bonds is 9. The lowest BCUT2D eigenvalue weighted by atomic mass is 10.1. The fourth-order valence-corrected chi connectivity index (χ4v) is 3.31. The minimum atomic E-state index is -0.121. The topological polar surface area (TPSA) is 82.6 Å². The summed E-state index contributed by atoms with van der Waals surface area (Å²) in [6, 6.07) is 16.4. The molecule has 0 aliphatic carbocycles. The van der Waals surface area contributed by atoms with E-state index in [0.29, 0.717) is 28.8 Å². The second-order valence-corrected chi connectivity index (χ2v) is 7.11. The molecule has 0 saturated heterocycles. The van der Waals surface area contributed by atoms with Gasteiger partial charge in [-0.2, -0.15) is 0 Å². The Labute approximate surface area is 179 Å². The molecule has 0 atom stereocenters. The molecule has 1 amide bonds. The highest BCUT2D eigenvalue weighted by molar-refractivity contribution is 7.99. The van der Waals surface area contributed by atoms with Crippen molar-refractivity contribution in [1.29, 1.82) is 0 Å². The molecule has 3 aromatic rings. The number of nitrogens with one attached hydrogen (secondary N) is 1. The van der Waals surface area contributed by atoms with Gasteiger partial charge in [-0.25, -0.2) is 0 Å². The smallest absolute Gasteiger partial charge is 0.234 e. The SMILES string of the molecule is CCOc1ccc(NC(=O)CSc2ccc(-c3cc(OC)ccc3OC)nn2)cc1. The van der Waals surface area contributed by atoms with Gasteiger partial charge in [-0.3, -0.25) is 4.79 Å². The molecule has 1 N–H and O–H groups in total. The maximum atomic E-state index is 12.2. The second-order valence-electron chi connectivity index (χ2n) is 6.12. The third-order valence-electron chi connectivity index (χ3n) is 4.12. The highest BCUT2D eigenvalue weighted by Gasteiger charge is 2.11. The molecule has 2 aromatic carbocycles. The van der Waals surface area contributed by atoms with E-state index in [0.717, 1.165) is 17.0 Å². The van der Waals surface area contributed by atoms with Crippen LogP contribution in [0.4, 0.5) is 5.69 Å². The molecule has 0 aliphatic rings. The van der Waals surface area contributed by atoms with Gasteiger partial charge in [0.05, 0.1) is 32.3 Å². The molecular formula is C22H23N3O4S. The first kappa shape index (κ1) is 21.4. The third-order valence-corrected chi connectivity index (χ3v) is 5.04. The normalized spacial score (nSPS) is 10.4. The van der Waals surface area contributed by atoms with Crippen molar-refractivity contribution in [3.63, 3.8) is 0 Å². The van der Waals surface area contributed by atoms with Gasteiger partial charge in [0.2, 0.25) is 5.91 Å². The van der Waals surface area contributed by atoms with E-state index in [4.69, 9.17) is 14.2 Å². The summed E-state index contributed by atoms with van der Waals surface area (Å²) in [7, 11) is 3.21. The Hall–Kier alpha value is -3.26. The molecule has 8 heteroatoms. The third kappa shape index (κ3) is 5.64. The van der Waals surface area contributed by atoms with Crippen molar-refractivity contribution < 1.29 is 19.0 Å². The number of aromatic nitrogens is 2. The molecule has 0 unspecified atom stereocenters. The average molecular weight is 426 g/mol. The number of thioether (sulfide) groups is 1. The van der Waals surface area contributed by atoms with Crippen LogP contribution < -0.4 is 19.5 Å². The summed E-state index contributed by atoms with van der Waals surface area (Å²) in [6.45, 7) is 2.53. The van der Waals surface area contributed by atoms with Crippen LogP contribution in [-0.2, 0) is 4.79 Å². The molecule has 30 heavy (non-hydrogen) atoms. The number of nitrogens with zero attached hydrogens (tertiary/aromatic N) is 2. The molecule has 0 bridgehead atoms. The molecular weight excluding hydrogens is 402 g/mol. The number of hydrogen-bond acceptors (Lipinski definition) is 7. The zero-order valence-corrected chi connectivity index (χ0v) is 17.9. The first-order chi connectivity index (χ1) is 14.6. The van der Waals surface area contributed by atoms with Crippen molar-refractivity contribution in [2.45, 2.75) is 11.9 Å². The number of methoxy groups -OCH3 is 2. The van der Waals surface area contributed by atoms with Crippen LogP contribution in [0.1, 0.15) is 6.92 Å². The van der Waals surface area contributed by atoms with Crippen LogP contribution in [0.2, 0.25) is 0 Å². The van der Waals surface area contributed by atoms with Crippen molar-refractivity contribution >= 4 is 23.4 Å². The largest absolute Gasteiger partial charge is 0.497 e. The number of ether oxygens (including phenoxy) is 3. The van der Waals surface area contributed by atoms with E-state index in [1.165, 1.54) is 11.8 Å². The van der Waals surface area contributed by atoms with Crippen LogP contribution in [0.3, 0.4) is 0 Å². The lowest BCUT2D eigenvalue weighted by Crippen LogP contribution is -2.14. The first-order valence-corrected chi connectivity index (χ1v) is 10.3. The predicted molar refractivity (Wildman–Crippen MR) is 118 cm³/mol. The molecule has 7 nitrogen and oxygen atoms in total. The maximum Gasteiger partial charge on any atom is 0.234 e. The van der Waals surface area contributed by atoms with Crippen LogP contribution in [0.15, 0.2) is 59.6 Å². The minimum Gasteiger partial charge on any atom is -0.497 e. The molecule has 0 aliphatic heterocycles. The monoisotopic (exact) mass is 425 g/mol. The van der Waals surface area contributed by atoms with Crippen molar-refractivity contribution in [1.82, 2.24) is 10.2 Å². The number of anilines is 1. The van der Waals surface area contributed by atoms with Gasteiger partial charge >= 0.3 is 0 Å². The van der Waals surface area contributed by atoms with Gasteiger partial charge in [0.1, 0.15) is 22.3 Å². The fourth-order valence-electron chi connectivity index (χ4n) is 2.69. The van der Waals surface area contributed by atoms with Crippen molar-refractivity contribution in [3.05, 3.63) is 54.6 Å². The standard InChI is InChI=1S/C22H23N3O4S/c1-4-29-16-7-5-15(6-8-16)23-21(26)14-30-22-12-10-19(24-25-22)18-13-17(27-2)9-11-20(18)28-3/h5-13H,4,14H2,1-3H3,(H,23,26). The van der Waals surface area contributed by atoms with E-state index in [1.54, 1.807) is 14.2 Å². The Morgan fingerprint density at radius 2 is 1.73 bits per heavy atom. The Balaban J connectivity index is 1.59. The second kappa shape index (κ2) is 10.5. The maximum absolute atomic E-state index is 12.2. The lowest BCUT2D eigenvalue weighted by Gasteiger charge is -2.10. The zero-order valence-electron chi connectivity index (χ0n) is 17.0. The summed E-state index contributed by atoms with van der Waals surface area (Å²) >= 11 is 1.31. The molecule has 1 aromatic heterocycles. The van der Waals surface area contributed by atoms with E-state index in [9.17, 15) is 4.79 Å². The Kier molecular flexibility index (Phi) is 7.51. The van der Waals surface area contributed by atoms with Crippen LogP contribution in [0, 0.1) is 0 Å². The van der Waals surface area contributed by atoms with Crippen LogP contribution in [-0.4, -0.2) is 42.7 Å². The first-order valence-electron chi connectivity index (χ1n) is 9.34. The molecule has 1 heterocycles. The van der Waals surface area contributed by atoms with Crippen LogP contribution in [0.5, 0.6) is 17.2 Å². The van der Waals surface area contributed by atoms with Crippen molar-refractivity contribution in [2.24, 2.45) is 0 Å². The number of hydrogen-bond donors (Lipinski definition) is 1. The molecule has 0 saturated carbocycles. The average Bonchev–Trinajstić information content (AvgIpc) is 2.79. The highest BCUT2D eigenvalue weighted by Crippen LogP contribution is 2.32. The van der Waals surface area contributed by atoms with Gasteiger partial charge in [0.15, 0.2) is 0 Å².